The first kappa shape index (κ1) is 13.8. The van der Waals surface area contributed by atoms with Crippen molar-refractivity contribution in [2.75, 3.05) is 18.4 Å². The summed E-state index contributed by atoms with van der Waals surface area (Å²) >= 11 is 9.37. The van der Waals surface area contributed by atoms with Crippen molar-refractivity contribution in [1.29, 1.82) is 0 Å². The number of benzene rings is 1. The summed E-state index contributed by atoms with van der Waals surface area (Å²) in [5.74, 6) is -0.0406. The summed E-state index contributed by atoms with van der Waals surface area (Å²) in [6.07, 6.45) is 2.13. The lowest BCUT2D eigenvalue weighted by atomic mass is 9.99. The molecule has 1 aromatic rings. The largest absolute Gasteiger partial charge is 0.338 e. The summed E-state index contributed by atoms with van der Waals surface area (Å²) in [4.78, 5) is 14.1. The Morgan fingerprint density at radius 1 is 1.56 bits per heavy atom. The minimum absolute atomic E-state index is 0.106. The molecule has 1 aromatic carbocycles. The van der Waals surface area contributed by atoms with E-state index < -0.39 is 5.82 Å². The Kier molecular flexibility index (Phi) is 4.62. The van der Waals surface area contributed by atoms with Gasteiger partial charge in [-0.15, -0.1) is 0 Å². The Hall–Kier alpha value is -0.610. The lowest BCUT2D eigenvalue weighted by Gasteiger charge is -2.32. The summed E-state index contributed by atoms with van der Waals surface area (Å²) in [5.41, 5.74) is 0.383. The molecule has 2 nitrogen and oxygen atoms in total. The molecule has 0 saturated carbocycles. The second-order valence-electron chi connectivity index (χ2n) is 4.54. The number of hydrogen-bond acceptors (Lipinski definition) is 1. The molecule has 0 aromatic heterocycles. The third-order valence-electron chi connectivity index (χ3n) is 3.19. The van der Waals surface area contributed by atoms with Crippen molar-refractivity contribution >= 4 is 33.4 Å². The molecule has 1 heterocycles. The fourth-order valence-corrected chi connectivity index (χ4v) is 2.99. The van der Waals surface area contributed by atoms with Gasteiger partial charge in [-0.1, -0.05) is 27.5 Å². The molecule has 0 radical (unpaired) electrons. The average molecular weight is 335 g/mol. The Morgan fingerprint density at radius 2 is 2.33 bits per heavy atom. The molecule has 1 fully saturated rings. The molecule has 1 saturated heterocycles. The number of carbonyl (C=O) groups is 1. The lowest BCUT2D eigenvalue weighted by molar-refractivity contribution is 0.0686. The quantitative estimate of drug-likeness (QED) is 0.755. The van der Waals surface area contributed by atoms with Gasteiger partial charge in [0.25, 0.3) is 5.91 Å². The highest BCUT2D eigenvalue weighted by Gasteiger charge is 2.25. The van der Waals surface area contributed by atoms with Gasteiger partial charge >= 0.3 is 0 Å². The van der Waals surface area contributed by atoms with Gasteiger partial charge in [-0.05, 0) is 37.0 Å². The summed E-state index contributed by atoms with van der Waals surface area (Å²) < 4.78 is 13.0. The van der Waals surface area contributed by atoms with E-state index in [0.29, 0.717) is 11.5 Å². The molecule has 1 atom stereocenters. The minimum Gasteiger partial charge on any atom is -0.338 e. The number of rotatable bonds is 2. The van der Waals surface area contributed by atoms with Crippen LogP contribution in [0.25, 0.3) is 0 Å². The van der Waals surface area contributed by atoms with Crippen LogP contribution in [0.4, 0.5) is 4.39 Å². The van der Waals surface area contributed by atoms with E-state index in [1.165, 1.54) is 18.2 Å². The topological polar surface area (TPSA) is 20.3 Å². The summed E-state index contributed by atoms with van der Waals surface area (Å²) in [6.45, 7) is 1.48. The predicted octanol–water partition coefficient (Wildman–Crippen LogP) is 3.73. The number of halogens is 3. The van der Waals surface area contributed by atoms with Crippen molar-refractivity contribution in [3.05, 3.63) is 34.6 Å². The maximum atomic E-state index is 13.0. The van der Waals surface area contributed by atoms with Crippen LogP contribution in [0.1, 0.15) is 23.2 Å². The monoisotopic (exact) mass is 333 g/mol. The zero-order valence-corrected chi connectivity index (χ0v) is 12.2. The second-order valence-corrected chi connectivity index (χ2v) is 5.59. The fraction of sp³-hybridized carbons (Fsp3) is 0.462. The standard InChI is InChI=1S/C13H14BrClFNO/c14-7-9-2-1-5-17(8-9)13(18)11-4-3-10(16)6-12(11)15/h3-4,6,9H,1-2,5,7-8H2. The van der Waals surface area contributed by atoms with Crippen molar-refractivity contribution < 1.29 is 9.18 Å². The maximum absolute atomic E-state index is 13.0. The predicted molar refractivity (Wildman–Crippen MR) is 73.8 cm³/mol. The van der Waals surface area contributed by atoms with E-state index in [1.807, 2.05) is 0 Å². The van der Waals surface area contributed by atoms with Crippen LogP contribution in [-0.4, -0.2) is 29.2 Å². The Balaban J connectivity index is 2.15. The van der Waals surface area contributed by atoms with E-state index >= 15 is 0 Å². The van der Waals surface area contributed by atoms with Crippen molar-refractivity contribution in [1.82, 2.24) is 4.90 Å². The number of carbonyl (C=O) groups excluding carboxylic acids is 1. The molecule has 5 heteroatoms. The molecule has 0 spiro atoms. The van der Waals surface area contributed by atoms with Gasteiger partial charge in [0.2, 0.25) is 0 Å². The number of nitrogens with zero attached hydrogens (tertiary/aromatic N) is 1. The molecule has 0 bridgehead atoms. The van der Waals surface area contributed by atoms with Crippen LogP contribution in [0, 0.1) is 11.7 Å². The van der Waals surface area contributed by atoms with Crippen molar-refractivity contribution in [2.45, 2.75) is 12.8 Å². The molecule has 2 rings (SSSR count). The van der Waals surface area contributed by atoms with Crippen LogP contribution >= 0.6 is 27.5 Å². The number of likely N-dealkylation sites (tertiary alicyclic amines) is 1. The van der Waals surface area contributed by atoms with Crippen LogP contribution in [0.5, 0.6) is 0 Å². The number of amides is 1. The molecular formula is C13H14BrClFNO. The lowest BCUT2D eigenvalue weighted by Crippen LogP contribution is -2.40. The molecule has 1 aliphatic heterocycles. The maximum Gasteiger partial charge on any atom is 0.255 e. The van der Waals surface area contributed by atoms with E-state index in [-0.39, 0.29) is 10.9 Å². The van der Waals surface area contributed by atoms with E-state index in [2.05, 4.69) is 15.9 Å². The summed E-state index contributed by atoms with van der Waals surface area (Å²) in [7, 11) is 0. The van der Waals surface area contributed by atoms with Gasteiger partial charge in [0.05, 0.1) is 10.6 Å². The zero-order valence-electron chi connectivity index (χ0n) is 9.83. The number of piperidine rings is 1. The third-order valence-corrected chi connectivity index (χ3v) is 4.41. The van der Waals surface area contributed by atoms with Gasteiger partial charge < -0.3 is 4.90 Å². The minimum atomic E-state index is -0.423. The summed E-state index contributed by atoms with van der Waals surface area (Å²) in [6, 6.07) is 3.91. The molecular weight excluding hydrogens is 321 g/mol. The molecule has 98 valence electrons. The zero-order chi connectivity index (χ0) is 13.1. The van der Waals surface area contributed by atoms with Gasteiger partial charge in [0.15, 0.2) is 0 Å². The Labute approximate surface area is 119 Å². The van der Waals surface area contributed by atoms with Crippen molar-refractivity contribution in [2.24, 2.45) is 5.92 Å². The third kappa shape index (κ3) is 3.04. The molecule has 1 unspecified atom stereocenters. The highest BCUT2D eigenvalue weighted by molar-refractivity contribution is 9.09. The van der Waals surface area contributed by atoms with Crippen LogP contribution in [0.2, 0.25) is 5.02 Å². The first-order chi connectivity index (χ1) is 8.61. The summed E-state index contributed by atoms with van der Waals surface area (Å²) in [5, 5.41) is 1.08. The van der Waals surface area contributed by atoms with Gasteiger partial charge in [0.1, 0.15) is 5.82 Å². The molecule has 0 aliphatic carbocycles. The van der Waals surface area contributed by atoms with Gasteiger partial charge in [-0.25, -0.2) is 4.39 Å². The van der Waals surface area contributed by atoms with E-state index in [1.54, 1.807) is 4.90 Å². The van der Waals surface area contributed by atoms with Gasteiger partial charge in [-0.2, -0.15) is 0 Å². The van der Waals surface area contributed by atoms with E-state index in [4.69, 9.17) is 11.6 Å². The van der Waals surface area contributed by atoms with Crippen LogP contribution < -0.4 is 0 Å². The van der Waals surface area contributed by atoms with E-state index in [0.717, 1.165) is 31.3 Å². The Bertz CT molecular complexity index is 455. The first-order valence-electron chi connectivity index (χ1n) is 5.92. The normalized spacial score (nSPS) is 19.9. The smallest absolute Gasteiger partial charge is 0.255 e. The molecule has 1 aliphatic rings. The van der Waals surface area contributed by atoms with Crippen LogP contribution in [-0.2, 0) is 0 Å². The van der Waals surface area contributed by atoms with Crippen molar-refractivity contribution in [3.8, 4) is 0 Å². The number of hydrogen-bond donors (Lipinski definition) is 0. The van der Waals surface area contributed by atoms with Crippen LogP contribution in [0.15, 0.2) is 18.2 Å². The highest BCUT2D eigenvalue weighted by atomic mass is 79.9. The van der Waals surface area contributed by atoms with E-state index in [9.17, 15) is 9.18 Å². The van der Waals surface area contributed by atoms with Gasteiger partial charge in [0, 0.05) is 18.4 Å². The highest BCUT2D eigenvalue weighted by Crippen LogP contribution is 2.23. The molecule has 0 N–H and O–H groups in total. The second kappa shape index (κ2) is 6.02. The van der Waals surface area contributed by atoms with Gasteiger partial charge in [-0.3, -0.25) is 4.79 Å². The first-order valence-corrected chi connectivity index (χ1v) is 7.42. The van der Waals surface area contributed by atoms with Crippen LogP contribution in [0.3, 0.4) is 0 Å². The molecule has 1 amide bonds. The number of alkyl halides is 1. The average Bonchev–Trinajstić information content (AvgIpc) is 2.38. The SMILES string of the molecule is O=C(c1ccc(F)cc1Cl)N1CCCC(CBr)C1. The van der Waals surface area contributed by atoms with Crippen molar-refractivity contribution in [3.63, 3.8) is 0 Å². The molecule has 18 heavy (non-hydrogen) atoms. The fourth-order valence-electron chi connectivity index (χ4n) is 2.21. The Morgan fingerprint density at radius 3 is 3.00 bits per heavy atom.